The van der Waals surface area contributed by atoms with Crippen molar-refractivity contribution in [2.24, 2.45) is 7.05 Å². The molecule has 29 heavy (non-hydrogen) atoms. The lowest BCUT2D eigenvalue weighted by Gasteiger charge is -2.21. The summed E-state index contributed by atoms with van der Waals surface area (Å²) in [4.78, 5) is 24.1. The Morgan fingerprint density at radius 1 is 1.17 bits per heavy atom. The van der Waals surface area contributed by atoms with Gasteiger partial charge in [-0.15, -0.1) is 10.2 Å². The number of hydrogen-bond acceptors (Lipinski definition) is 7. The lowest BCUT2D eigenvalue weighted by Crippen LogP contribution is -2.49. The van der Waals surface area contributed by atoms with Gasteiger partial charge in [0.25, 0.3) is 0 Å². The second-order valence-electron chi connectivity index (χ2n) is 7.38. The van der Waals surface area contributed by atoms with Gasteiger partial charge in [-0.2, -0.15) is 0 Å². The highest BCUT2D eigenvalue weighted by atomic mass is 32.2. The molecule has 0 unspecified atom stereocenters. The van der Waals surface area contributed by atoms with Crippen molar-refractivity contribution in [2.45, 2.75) is 50.2 Å². The van der Waals surface area contributed by atoms with Crippen LogP contribution >= 0.6 is 11.8 Å². The second-order valence-corrected chi connectivity index (χ2v) is 8.68. The van der Waals surface area contributed by atoms with E-state index >= 15 is 0 Å². The van der Waals surface area contributed by atoms with Crippen molar-refractivity contribution >= 4 is 23.7 Å². The number of imide groups is 1. The normalized spacial score (nSPS) is 12.2. The van der Waals surface area contributed by atoms with Crippen molar-refractivity contribution in [3.05, 3.63) is 30.1 Å². The SMILES string of the molecule is COc1ccc(OCc2nnc(S[C@H](C)C(=O)NC(=O)NC(C)(C)C)n2C)cc1. The van der Waals surface area contributed by atoms with Crippen LogP contribution in [0, 0.1) is 0 Å². The topological polar surface area (TPSA) is 107 Å². The van der Waals surface area contributed by atoms with Crippen molar-refractivity contribution in [1.29, 1.82) is 0 Å². The second kappa shape index (κ2) is 9.64. The zero-order chi connectivity index (χ0) is 21.6. The first-order valence-corrected chi connectivity index (χ1v) is 9.92. The Morgan fingerprint density at radius 3 is 2.38 bits per heavy atom. The summed E-state index contributed by atoms with van der Waals surface area (Å²) >= 11 is 1.21. The molecule has 0 spiro atoms. The molecule has 9 nitrogen and oxygen atoms in total. The molecular formula is C19H27N5O4S. The predicted octanol–water partition coefficient (Wildman–Crippen LogP) is 2.51. The van der Waals surface area contributed by atoms with Crippen molar-refractivity contribution in [3.63, 3.8) is 0 Å². The molecule has 0 saturated heterocycles. The van der Waals surface area contributed by atoms with Gasteiger partial charge in [-0.25, -0.2) is 4.79 Å². The Kier molecular flexibility index (Phi) is 7.49. The van der Waals surface area contributed by atoms with Crippen LogP contribution in [-0.4, -0.2) is 44.6 Å². The fourth-order valence-corrected chi connectivity index (χ4v) is 3.02. The van der Waals surface area contributed by atoms with Gasteiger partial charge in [0.2, 0.25) is 5.91 Å². The Labute approximate surface area is 174 Å². The van der Waals surface area contributed by atoms with Gasteiger partial charge in [0, 0.05) is 12.6 Å². The lowest BCUT2D eigenvalue weighted by atomic mass is 10.1. The summed E-state index contributed by atoms with van der Waals surface area (Å²) < 4.78 is 12.6. The molecule has 0 radical (unpaired) electrons. The van der Waals surface area contributed by atoms with E-state index in [9.17, 15) is 9.59 Å². The molecule has 0 saturated carbocycles. The van der Waals surface area contributed by atoms with E-state index in [2.05, 4.69) is 20.8 Å². The number of benzene rings is 1. The number of carbonyl (C=O) groups is 2. The van der Waals surface area contributed by atoms with Gasteiger partial charge in [0.15, 0.2) is 11.0 Å². The summed E-state index contributed by atoms with van der Waals surface area (Å²) in [6, 6.07) is 6.70. The Balaban J connectivity index is 1.90. The van der Waals surface area contributed by atoms with Crippen LogP contribution in [0.5, 0.6) is 11.5 Å². The molecule has 2 rings (SSSR count). The number of aromatic nitrogens is 3. The molecule has 0 aliphatic carbocycles. The number of ether oxygens (including phenoxy) is 2. The number of rotatable bonds is 7. The number of nitrogens with zero attached hydrogens (tertiary/aromatic N) is 3. The zero-order valence-electron chi connectivity index (χ0n) is 17.5. The minimum atomic E-state index is -0.529. The zero-order valence-corrected chi connectivity index (χ0v) is 18.3. The van der Waals surface area contributed by atoms with Gasteiger partial charge in [-0.3, -0.25) is 10.1 Å². The summed E-state index contributed by atoms with van der Waals surface area (Å²) in [7, 11) is 3.40. The molecule has 0 aliphatic rings. The van der Waals surface area contributed by atoms with E-state index in [1.165, 1.54) is 11.8 Å². The molecule has 158 valence electrons. The first-order chi connectivity index (χ1) is 13.6. The molecular weight excluding hydrogens is 394 g/mol. The number of hydrogen-bond donors (Lipinski definition) is 2. The summed E-state index contributed by atoms with van der Waals surface area (Å²) in [6.07, 6.45) is 0. The maximum atomic E-state index is 12.2. The number of urea groups is 1. The standard InChI is InChI=1S/C19H27N5O4S/c1-12(16(25)20-17(26)21-19(2,3)4)29-18-23-22-15(24(18)5)11-28-14-9-7-13(27-6)8-10-14/h7-10,12H,11H2,1-6H3,(H2,20,21,25,26)/t12-/m1/s1. The first kappa shape index (κ1) is 22.5. The van der Waals surface area contributed by atoms with Crippen LogP contribution in [-0.2, 0) is 18.4 Å². The van der Waals surface area contributed by atoms with Crippen LogP contribution in [0.4, 0.5) is 4.79 Å². The largest absolute Gasteiger partial charge is 0.497 e. The molecule has 1 aromatic heterocycles. The van der Waals surface area contributed by atoms with Gasteiger partial charge in [-0.1, -0.05) is 11.8 Å². The third-order valence-electron chi connectivity index (χ3n) is 3.73. The molecule has 10 heteroatoms. The average molecular weight is 422 g/mol. The number of nitrogens with one attached hydrogen (secondary N) is 2. The van der Waals surface area contributed by atoms with Crippen LogP contribution in [0.25, 0.3) is 0 Å². The van der Waals surface area contributed by atoms with E-state index in [1.54, 1.807) is 37.8 Å². The van der Waals surface area contributed by atoms with Gasteiger partial charge in [0.1, 0.15) is 18.1 Å². The number of amides is 3. The highest BCUT2D eigenvalue weighted by Gasteiger charge is 2.22. The highest BCUT2D eigenvalue weighted by Crippen LogP contribution is 2.22. The molecule has 2 aromatic rings. The van der Waals surface area contributed by atoms with Crippen LogP contribution in [0.3, 0.4) is 0 Å². The smallest absolute Gasteiger partial charge is 0.321 e. The predicted molar refractivity (Wildman–Crippen MR) is 110 cm³/mol. The minimum absolute atomic E-state index is 0.227. The number of carbonyl (C=O) groups excluding carboxylic acids is 2. The number of methoxy groups -OCH3 is 1. The van der Waals surface area contributed by atoms with Crippen LogP contribution in [0.1, 0.15) is 33.5 Å². The van der Waals surface area contributed by atoms with Gasteiger partial charge >= 0.3 is 6.03 Å². The highest BCUT2D eigenvalue weighted by molar-refractivity contribution is 8.00. The van der Waals surface area contributed by atoms with Crippen LogP contribution < -0.4 is 20.1 Å². The maximum Gasteiger partial charge on any atom is 0.321 e. The molecule has 2 N–H and O–H groups in total. The Hall–Kier alpha value is -2.75. The molecule has 1 atom stereocenters. The fraction of sp³-hybridized carbons (Fsp3) is 0.474. The number of thioether (sulfide) groups is 1. The van der Waals surface area contributed by atoms with E-state index in [4.69, 9.17) is 9.47 Å². The minimum Gasteiger partial charge on any atom is -0.497 e. The van der Waals surface area contributed by atoms with E-state index < -0.39 is 22.7 Å². The first-order valence-electron chi connectivity index (χ1n) is 9.04. The van der Waals surface area contributed by atoms with Gasteiger partial charge < -0.3 is 19.4 Å². The lowest BCUT2D eigenvalue weighted by molar-refractivity contribution is -0.119. The van der Waals surface area contributed by atoms with Gasteiger partial charge in [0.05, 0.1) is 12.4 Å². The summed E-state index contributed by atoms with van der Waals surface area (Å²) in [5, 5.41) is 13.3. The molecule has 1 aromatic carbocycles. The van der Waals surface area contributed by atoms with E-state index in [-0.39, 0.29) is 6.61 Å². The van der Waals surface area contributed by atoms with Crippen LogP contribution in [0.2, 0.25) is 0 Å². The molecule has 3 amide bonds. The summed E-state index contributed by atoms with van der Waals surface area (Å²) in [5.74, 6) is 1.64. The van der Waals surface area contributed by atoms with Crippen LogP contribution in [0.15, 0.2) is 29.4 Å². The summed E-state index contributed by atoms with van der Waals surface area (Å²) in [6.45, 7) is 7.44. The molecule has 0 bridgehead atoms. The fourth-order valence-electron chi connectivity index (χ4n) is 2.19. The van der Waals surface area contributed by atoms with Crippen molar-refractivity contribution in [3.8, 4) is 11.5 Å². The summed E-state index contributed by atoms with van der Waals surface area (Å²) in [5.41, 5.74) is -0.427. The monoisotopic (exact) mass is 421 g/mol. The average Bonchev–Trinajstić information content (AvgIpc) is 2.98. The van der Waals surface area contributed by atoms with Gasteiger partial charge in [-0.05, 0) is 52.0 Å². The Bertz CT molecular complexity index is 845. The third kappa shape index (κ3) is 6.97. The molecule has 0 aliphatic heterocycles. The van der Waals surface area contributed by atoms with E-state index in [1.807, 2.05) is 32.9 Å². The maximum absolute atomic E-state index is 12.2. The Morgan fingerprint density at radius 2 is 1.79 bits per heavy atom. The quantitative estimate of drug-likeness (QED) is 0.662. The third-order valence-corrected chi connectivity index (χ3v) is 4.86. The molecule has 1 heterocycles. The molecule has 0 fully saturated rings. The van der Waals surface area contributed by atoms with E-state index in [0.717, 1.165) is 5.75 Å². The van der Waals surface area contributed by atoms with E-state index in [0.29, 0.717) is 16.7 Å². The van der Waals surface area contributed by atoms with Crippen molar-refractivity contribution in [1.82, 2.24) is 25.4 Å². The van der Waals surface area contributed by atoms with Crippen molar-refractivity contribution in [2.75, 3.05) is 7.11 Å². The van der Waals surface area contributed by atoms with Crippen molar-refractivity contribution < 1.29 is 19.1 Å².